The van der Waals surface area contributed by atoms with E-state index in [9.17, 15) is 4.79 Å². The quantitative estimate of drug-likeness (QED) is 0.423. The summed E-state index contributed by atoms with van der Waals surface area (Å²) in [5.74, 6) is 0.284. The highest BCUT2D eigenvalue weighted by Crippen LogP contribution is 1.85. The van der Waals surface area contributed by atoms with Gasteiger partial charge in [0.05, 0.1) is 0 Å². The number of rotatable bonds is 0. The van der Waals surface area contributed by atoms with Gasteiger partial charge in [-0.05, 0) is 6.07 Å². The van der Waals surface area contributed by atoms with Crippen molar-refractivity contribution in [1.82, 2.24) is 9.22 Å². The summed E-state index contributed by atoms with van der Waals surface area (Å²) in [5, 5.41) is 0. The molecule has 0 atom stereocenters. The van der Waals surface area contributed by atoms with Crippen LogP contribution in [0, 0.1) is 0 Å². The lowest BCUT2D eigenvalue weighted by molar-refractivity contribution is 1.01. The average molecular weight is 141 g/mol. The topological polar surface area (TPSA) is 60.9 Å². The Bertz CT molecular complexity index is 269. The van der Waals surface area contributed by atoms with E-state index in [1.807, 2.05) is 0 Å². The van der Waals surface area contributed by atoms with Gasteiger partial charge in [-0.2, -0.15) is 4.98 Å². The van der Waals surface area contributed by atoms with Crippen molar-refractivity contribution >= 4 is 16.2 Å². The number of hydrogen-bond donors (Lipinski definition) is 1. The molecule has 0 aliphatic heterocycles. The van der Waals surface area contributed by atoms with Gasteiger partial charge in [-0.25, -0.2) is 4.79 Å². The van der Waals surface area contributed by atoms with Crippen LogP contribution in [0.25, 0.3) is 0 Å². The monoisotopic (exact) mass is 141 g/mol. The van der Waals surface area contributed by atoms with Gasteiger partial charge in [0.2, 0.25) is 0 Å². The molecule has 0 bridgehead atoms. The number of anilines is 1. The van der Waals surface area contributed by atoms with Gasteiger partial charge in [-0.1, -0.05) is 0 Å². The first-order valence-electron chi connectivity index (χ1n) is 2.49. The van der Waals surface area contributed by atoms with E-state index < -0.39 is 0 Å². The van der Waals surface area contributed by atoms with Crippen molar-refractivity contribution in [2.75, 3.05) is 5.73 Å². The van der Waals surface area contributed by atoms with Crippen molar-refractivity contribution in [2.24, 2.45) is 0 Å². The van der Waals surface area contributed by atoms with Gasteiger partial charge in [0.25, 0.3) is 0 Å². The van der Waals surface area contributed by atoms with Crippen molar-refractivity contribution in [1.29, 1.82) is 0 Å². The fourth-order valence-corrected chi connectivity index (χ4v) is 0.728. The molecule has 0 fully saturated rings. The summed E-state index contributed by atoms with van der Waals surface area (Å²) in [4.78, 5) is 14.1. The second-order valence-electron chi connectivity index (χ2n) is 1.75. The maximum atomic E-state index is 10.6. The molecule has 48 valence electrons. The predicted molar refractivity (Wildman–Crippen MR) is 38.2 cm³/mol. The molecule has 0 saturated carbocycles. The van der Waals surface area contributed by atoms with Gasteiger partial charge >= 0.3 is 5.69 Å². The Kier molecular flexibility index (Phi) is 1.35. The minimum absolute atomic E-state index is 0.262. The highest BCUT2D eigenvalue weighted by molar-refractivity contribution is 6.06. The van der Waals surface area contributed by atoms with Crippen molar-refractivity contribution < 1.29 is 0 Å². The molecule has 0 radical (unpaired) electrons. The lowest BCUT2D eigenvalue weighted by Crippen LogP contribution is -2.21. The van der Waals surface area contributed by atoms with E-state index in [1.165, 1.54) is 4.23 Å². The molecule has 1 aromatic heterocycles. The van der Waals surface area contributed by atoms with Crippen molar-refractivity contribution in [3.63, 3.8) is 0 Å². The van der Waals surface area contributed by atoms with Gasteiger partial charge in [0.15, 0.2) is 0 Å². The molecule has 1 aromatic rings. The van der Waals surface area contributed by atoms with Crippen molar-refractivity contribution in [3.8, 4) is 0 Å². The summed E-state index contributed by atoms with van der Waals surface area (Å²) in [7, 11) is 0.660. The predicted octanol–water partition coefficient (Wildman–Crippen LogP) is -2.05. The minimum Gasteiger partial charge on any atom is -0.383 e. The summed E-state index contributed by atoms with van der Waals surface area (Å²) < 4.78 is 1.50. The van der Waals surface area contributed by atoms with E-state index in [1.54, 1.807) is 12.3 Å². The Morgan fingerprint density at radius 3 is 2.89 bits per heavy atom. The molecule has 0 aliphatic carbocycles. The number of aromatic nitrogens is 2. The number of nitrogens with zero attached hydrogens (tertiary/aromatic N) is 2. The molecule has 1 rings (SSSR count). The molecule has 4 nitrogen and oxygen atoms in total. The first-order chi connectivity index (χ1) is 4.20. The highest BCUT2D eigenvalue weighted by Gasteiger charge is 1.88. The maximum absolute atomic E-state index is 10.6. The lowest BCUT2D eigenvalue weighted by Gasteiger charge is -1.93. The third kappa shape index (κ3) is 1.17. The zero-order chi connectivity index (χ0) is 6.85. The molecular weight excluding hydrogens is 134 g/mol. The van der Waals surface area contributed by atoms with E-state index in [0.717, 1.165) is 0 Å². The fraction of sp³-hybridized carbons (Fsp3) is 0. The molecule has 0 amide bonds. The van der Waals surface area contributed by atoms with Crippen LogP contribution in [0.1, 0.15) is 0 Å². The summed E-state index contributed by atoms with van der Waals surface area (Å²) in [6.07, 6.45) is 1.64. The highest BCUT2D eigenvalue weighted by atomic mass is 28.2. The average Bonchev–Trinajstić information content (AvgIpc) is 1.80. The molecule has 0 saturated heterocycles. The Morgan fingerprint density at radius 1 is 1.78 bits per heavy atom. The lowest BCUT2D eigenvalue weighted by atomic mass is 10.6. The zero-order valence-electron chi connectivity index (χ0n) is 5.03. The van der Waals surface area contributed by atoms with E-state index in [4.69, 9.17) is 5.73 Å². The van der Waals surface area contributed by atoms with E-state index in [2.05, 4.69) is 4.98 Å². The van der Waals surface area contributed by atoms with Crippen LogP contribution in [-0.2, 0) is 0 Å². The molecule has 0 aliphatic rings. The summed E-state index contributed by atoms with van der Waals surface area (Å²) in [6, 6.07) is 1.61. The SMILES string of the molecule is Nc1ccn([SiH3])c(=O)n1. The van der Waals surface area contributed by atoms with Crippen molar-refractivity contribution in [2.45, 2.75) is 0 Å². The first-order valence-corrected chi connectivity index (χ1v) is 3.39. The molecule has 9 heavy (non-hydrogen) atoms. The summed E-state index contributed by atoms with van der Waals surface area (Å²) in [5.41, 5.74) is 4.96. The Hall–Kier alpha value is -1.10. The third-order valence-electron chi connectivity index (χ3n) is 0.995. The van der Waals surface area contributed by atoms with Crippen LogP contribution in [0.2, 0.25) is 0 Å². The van der Waals surface area contributed by atoms with Crippen LogP contribution in [0.5, 0.6) is 0 Å². The van der Waals surface area contributed by atoms with Gasteiger partial charge in [-0.15, -0.1) is 0 Å². The second kappa shape index (κ2) is 2.02. The molecule has 0 unspecified atom stereocenters. The normalized spacial score (nSPS) is 9.78. The second-order valence-corrected chi connectivity index (χ2v) is 2.71. The van der Waals surface area contributed by atoms with Crippen LogP contribution in [0.15, 0.2) is 17.1 Å². The van der Waals surface area contributed by atoms with Crippen LogP contribution >= 0.6 is 0 Å². The van der Waals surface area contributed by atoms with Gasteiger partial charge < -0.3 is 9.97 Å². The van der Waals surface area contributed by atoms with E-state index >= 15 is 0 Å². The maximum Gasteiger partial charge on any atom is 0.340 e. The standard InChI is InChI=1S/C4H7N3OSi/c5-3-1-2-7(9)4(8)6-3/h1-2H,9H3,(H2,5,6,8). The molecule has 0 aromatic carbocycles. The van der Waals surface area contributed by atoms with Crippen LogP contribution in [0.3, 0.4) is 0 Å². The Balaban J connectivity index is 3.34. The molecule has 1 heterocycles. The Labute approximate surface area is 54.8 Å². The molecule has 2 N–H and O–H groups in total. The summed E-state index contributed by atoms with van der Waals surface area (Å²) >= 11 is 0. The van der Waals surface area contributed by atoms with Crippen LogP contribution in [-0.4, -0.2) is 19.6 Å². The van der Waals surface area contributed by atoms with E-state index in [0.29, 0.717) is 10.4 Å². The van der Waals surface area contributed by atoms with Gasteiger partial charge in [0.1, 0.15) is 16.2 Å². The molecular formula is C4H7N3OSi. The first kappa shape index (κ1) is 6.02. The summed E-state index contributed by atoms with van der Waals surface area (Å²) in [6.45, 7) is 0. The zero-order valence-corrected chi connectivity index (χ0v) is 7.03. The van der Waals surface area contributed by atoms with Gasteiger partial charge in [-0.3, -0.25) is 0 Å². The fourth-order valence-electron chi connectivity index (χ4n) is 0.479. The largest absolute Gasteiger partial charge is 0.383 e. The van der Waals surface area contributed by atoms with Crippen molar-refractivity contribution in [3.05, 3.63) is 22.7 Å². The van der Waals surface area contributed by atoms with E-state index in [-0.39, 0.29) is 11.5 Å². The number of nitrogen functional groups attached to an aromatic ring is 1. The third-order valence-corrected chi connectivity index (χ3v) is 1.68. The molecule has 5 heteroatoms. The smallest absolute Gasteiger partial charge is 0.340 e. The van der Waals surface area contributed by atoms with Gasteiger partial charge in [0, 0.05) is 6.20 Å². The molecule has 0 spiro atoms. The minimum atomic E-state index is -0.262. The van der Waals surface area contributed by atoms with Crippen LogP contribution < -0.4 is 11.4 Å². The number of hydrogen-bond acceptors (Lipinski definition) is 3. The number of nitrogens with two attached hydrogens (primary N) is 1. The Morgan fingerprint density at radius 2 is 2.44 bits per heavy atom. The van der Waals surface area contributed by atoms with Crippen LogP contribution in [0.4, 0.5) is 5.82 Å².